The van der Waals surface area contributed by atoms with Crippen LogP contribution in [0.4, 0.5) is 0 Å². The molecule has 6 nitrogen and oxygen atoms in total. The summed E-state index contributed by atoms with van der Waals surface area (Å²) in [6, 6.07) is 11.1. The van der Waals surface area contributed by atoms with Crippen molar-refractivity contribution in [2.45, 2.75) is 0 Å². The third kappa shape index (κ3) is 2.24. The molecule has 0 aliphatic carbocycles. The van der Waals surface area contributed by atoms with E-state index in [0.29, 0.717) is 16.2 Å². The van der Waals surface area contributed by atoms with Crippen LogP contribution in [0.25, 0.3) is 21.7 Å². The summed E-state index contributed by atoms with van der Waals surface area (Å²) in [4.78, 5) is 11.8. The highest BCUT2D eigenvalue weighted by atomic mass is 32.3. The first kappa shape index (κ1) is 12.6. The van der Waals surface area contributed by atoms with Crippen molar-refractivity contribution >= 4 is 32.1 Å². The maximum Gasteiger partial charge on any atom is 0.446 e. The van der Waals surface area contributed by atoms with Gasteiger partial charge in [-0.05, 0) is 23.6 Å². The van der Waals surface area contributed by atoms with Gasteiger partial charge in [-0.2, -0.15) is 8.42 Å². The monoisotopic (exact) mass is 292 g/mol. The molecular formula is C13H8O6S. The van der Waals surface area contributed by atoms with E-state index in [1.54, 1.807) is 30.3 Å². The van der Waals surface area contributed by atoms with Gasteiger partial charge in [0.2, 0.25) is 0 Å². The molecule has 102 valence electrons. The van der Waals surface area contributed by atoms with Crippen LogP contribution in [0.2, 0.25) is 0 Å². The van der Waals surface area contributed by atoms with E-state index in [1.807, 2.05) is 0 Å². The highest BCUT2D eigenvalue weighted by Crippen LogP contribution is 2.26. The third-order valence-electron chi connectivity index (χ3n) is 2.79. The van der Waals surface area contributed by atoms with Crippen molar-refractivity contribution in [1.29, 1.82) is 0 Å². The second-order valence-electron chi connectivity index (χ2n) is 4.10. The van der Waals surface area contributed by atoms with Gasteiger partial charge in [0.05, 0.1) is 5.39 Å². The molecule has 0 spiro atoms. The summed E-state index contributed by atoms with van der Waals surface area (Å²) in [7, 11) is -4.62. The molecule has 0 fully saturated rings. The summed E-state index contributed by atoms with van der Waals surface area (Å²) in [5, 5.41) is 1.77. The summed E-state index contributed by atoms with van der Waals surface area (Å²) < 4.78 is 39.4. The summed E-state index contributed by atoms with van der Waals surface area (Å²) in [5.74, 6) is -0.140. The molecule has 2 aromatic carbocycles. The average molecular weight is 292 g/mol. The Balaban J connectivity index is 2.31. The van der Waals surface area contributed by atoms with Crippen molar-refractivity contribution in [3.05, 3.63) is 52.9 Å². The molecule has 1 heterocycles. The SMILES string of the molecule is O=c1oc2cc(OS(=O)(=O)O)ccc2c2ccccc12. The first-order valence-corrected chi connectivity index (χ1v) is 6.93. The molecule has 0 bridgehead atoms. The van der Waals surface area contributed by atoms with Crippen molar-refractivity contribution in [3.63, 3.8) is 0 Å². The minimum absolute atomic E-state index is 0.140. The zero-order valence-electron chi connectivity index (χ0n) is 9.94. The number of fused-ring (bicyclic) bond motifs is 3. The van der Waals surface area contributed by atoms with E-state index < -0.39 is 16.0 Å². The van der Waals surface area contributed by atoms with Gasteiger partial charge in [-0.25, -0.2) is 4.79 Å². The molecule has 0 saturated heterocycles. The van der Waals surface area contributed by atoms with Gasteiger partial charge in [0.15, 0.2) is 0 Å². The van der Waals surface area contributed by atoms with E-state index in [-0.39, 0.29) is 11.3 Å². The Morgan fingerprint density at radius 2 is 1.70 bits per heavy atom. The molecule has 7 heteroatoms. The number of hydrogen-bond donors (Lipinski definition) is 1. The Labute approximate surface area is 113 Å². The van der Waals surface area contributed by atoms with Crippen molar-refractivity contribution in [2.75, 3.05) is 0 Å². The lowest BCUT2D eigenvalue weighted by molar-refractivity contribution is 0.386. The van der Waals surface area contributed by atoms with Gasteiger partial charge in [0, 0.05) is 11.5 Å². The number of hydrogen-bond acceptors (Lipinski definition) is 5. The highest BCUT2D eigenvalue weighted by molar-refractivity contribution is 7.81. The lowest BCUT2D eigenvalue weighted by atomic mass is 10.1. The van der Waals surface area contributed by atoms with E-state index in [4.69, 9.17) is 8.97 Å². The van der Waals surface area contributed by atoms with Crippen LogP contribution in [0.15, 0.2) is 51.7 Å². The Morgan fingerprint density at radius 3 is 2.40 bits per heavy atom. The van der Waals surface area contributed by atoms with Crippen LogP contribution < -0.4 is 9.81 Å². The predicted octanol–water partition coefficient (Wildman–Crippen LogP) is 2.13. The molecular weight excluding hydrogens is 284 g/mol. The topological polar surface area (TPSA) is 93.8 Å². The largest absolute Gasteiger partial charge is 0.446 e. The van der Waals surface area contributed by atoms with Gasteiger partial charge in [-0.1, -0.05) is 18.2 Å². The lowest BCUT2D eigenvalue weighted by Crippen LogP contribution is -2.06. The second kappa shape index (κ2) is 4.32. The summed E-state index contributed by atoms with van der Waals surface area (Å²) in [5.41, 5.74) is -0.355. The molecule has 0 atom stereocenters. The second-order valence-corrected chi connectivity index (χ2v) is 5.13. The van der Waals surface area contributed by atoms with Crippen LogP contribution in [0, 0.1) is 0 Å². The number of benzene rings is 2. The Bertz CT molecular complexity index is 971. The fraction of sp³-hybridized carbons (Fsp3) is 0. The zero-order valence-corrected chi connectivity index (χ0v) is 10.8. The first-order chi connectivity index (χ1) is 9.44. The molecule has 0 aliphatic heterocycles. The van der Waals surface area contributed by atoms with Crippen molar-refractivity contribution < 1.29 is 21.6 Å². The molecule has 3 rings (SSSR count). The maximum atomic E-state index is 11.8. The van der Waals surface area contributed by atoms with E-state index in [9.17, 15) is 13.2 Å². The molecule has 20 heavy (non-hydrogen) atoms. The molecule has 0 amide bonds. The van der Waals surface area contributed by atoms with Gasteiger partial charge in [0.1, 0.15) is 11.3 Å². The Kier molecular flexibility index (Phi) is 2.73. The molecule has 3 aromatic rings. The van der Waals surface area contributed by atoms with Gasteiger partial charge >= 0.3 is 16.0 Å². The Hall–Kier alpha value is -2.38. The Morgan fingerprint density at radius 1 is 1.00 bits per heavy atom. The minimum atomic E-state index is -4.62. The van der Waals surface area contributed by atoms with Crippen LogP contribution in [-0.4, -0.2) is 13.0 Å². The summed E-state index contributed by atoms with van der Waals surface area (Å²) in [6.45, 7) is 0. The molecule has 0 aliphatic rings. The average Bonchev–Trinajstić information content (AvgIpc) is 2.37. The summed E-state index contributed by atoms with van der Waals surface area (Å²) >= 11 is 0. The quantitative estimate of drug-likeness (QED) is 0.442. The molecule has 1 aromatic heterocycles. The molecule has 1 N–H and O–H groups in total. The van der Waals surface area contributed by atoms with Crippen LogP contribution in [-0.2, 0) is 10.4 Å². The standard InChI is InChI=1S/C13H8O6S/c14-13-11-4-2-1-3-9(11)10-6-5-8(7-12(10)18-13)19-20(15,16)17/h1-7H,(H,15,16,17). The van der Waals surface area contributed by atoms with Gasteiger partial charge < -0.3 is 8.60 Å². The molecule has 0 radical (unpaired) electrons. The van der Waals surface area contributed by atoms with E-state index >= 15 is 0 Å². The number of rotatable bonds is 2. The van der Waals surface area contributed by atoms with Gasteiger partial charge in [0.25, 0.3) is 0 Å². The first-order valence-electron chi connectivity index (χ1n) is 5.56. The van der Waals surface area contributed by atoms with E-state index in [2.05, 4.69) is 4.18 Å². The predicted molar refractivity (Wildman–Crippen MR) is 72.2 cm³/mol. The fourth-order valence-corrected chi connectivity index (χ4v) is 2.38. The van der Waals surface area contributed by atoms with Gasteiger partial charge in [-0.3, -0.25) is 4.55 Å². The van der Waals surface area contributed by atoms with Crippen molar-refractivity contribution in [1.82, 2.24) is 0 Å². The van der Waals surface area contributed by atoms with Crippen LogP contribution in [0.3, 0.4) is 0 Å². The zero-order chi connectivity index (χ0) is 14.3. The summed E-state index contributed by atoms with van der Waals surface area (Å²) in [6.07, 6.45) is 0. The van der Waals surface area contributed by atoms with Crippen molar-refractivity contribution in [3.8, 4) is 5.75 Å². The minimum Gasteiger partial charge on any atom is -0.422 e. The lowest BCUT2D eigenvalue weighted by Gasteiger charge is -2.04. The van der Waals surface area contributed by atoms with Crippen LogP contribution >= 0.6 is 0 Å². The molecule has 0 saturated carbocycles. The van der Waals surface area contributed by atoms with Crippen molar-refractivity contribution in [2.24, 2.45) is 0 Å². The maximum absolute atomic E-state index is 11.8. The molecule has 0 unspecified atom stereocenters. The van der Waals surface area contributed by atoms with Gasteiger partial charge in [-0.15, -0.1) is 0 Å². The normalized spacial score (nSPS) is 11.8. The van der Waals surface area contributed by atoms with Crippen LogP contribution in [0.5, 0.6) is 5.75 Å². The smallest absolute Gasteiger partial charge is 0.422 e. The van der Waals surface area contributed by atoms with E-state index in [1.165, 1.54) is 12.1 Å². The fourth-order valence-electron chi connectivity index (χ4n) is 2.03. The highest BCUT2D eigenvalue weighted by Gasteiger charge is 2.11. The van der Waals surface area contributed by atoms with E-state index in [0.717, 1.165) is 0 Å². The third-order valence-corrected chi connectivity index (χ3v) is 3.20. The van der Waals surface area contributed by atoms with Crippen LogP contribution in [0.1, 0.15) is 0 Å².